The molecule has 0 N–H and O–H groups in total. The second-order valence-corrected chi connectivity index (χ2v) is 15.1. The van der Waals surface area contributed by atoms with Crippen molar-refractivity contribution in [2.75, 3.05) is 0 Å². The topological polar surface area (TPSA) is 255 Å². The minimum atomic E-state index is -2.00. The third-order valence-corrected chi connectivity index (χ3v) is 5.46. The summed E-state index contributed by atoms with van der Waals surface area (Å²) in [5.74, 6) is -13.0. The van der Waals surface area contributed by atoms with E-state index in [0.717, 1.165) is 0 Å². The quantitative estimate of drug-likeness (QED) is 0.0652. The third kappa shape index (κ3) is 30.5. The number of aliphatic carboxylic acids is 3. The van der Waals surface area contributed by atoms with Crippen LogP contribution in [0.5, 0.6) is 0 Å². The van der Waals surface area contributed by atoms with Crippen LogP contribution in [0.3, 0.4) is 0 Å². The van der Waals surface area contributed by atoms with Crippen LogP contribution in [0.4, 0.5) is 0 Å². The van der Waals surface area contributed by atoms with Crippen LogP contribution >= 0.6 is 0 Å². The van der Waals surface area contributed by atoms with Crippen molar-refractivity contribution in [3.8, 4) is 0 Å². The molecule has 0 aliphatic carbocycles. The normalized spacial score (nSPS) is 12.2. The second-order valence-electron chi connectivity index (χ2n) is 15.1. The van der Waals surface area contributed by atoms with Crippen molar-refractivity contribution >= 4 is 35.3 Å². The summed E-state index contributed by atoms with van der Waals surface area (Å²) in [4.78, 5) is 68.1. The van der Waals surface area contributed by atoms with Gasteiger partial charge in [-0.1, -0.05) is 0 Å². The Kier molecular flexibility index (Phi) is 34.0. The maximum atomic E-state index is 12.1. The Morgan fingerprint density at radius 3 is 0.492 bits per heavy atom. The van der Waals surface area contributed by atoms with Crippen LogP contribution in [0.15, 0.2) is 0 Å². The number of Topliss-reactive ketones (excluding diaryl/α,β-unsaturated/α-hetero) is 3. The molecule has 0 amide bonds. The van der Waals surface area contributed by atoms with E-state index >= 15 is 0 Å². The number of carboxylic acid groups (broad SMARTS) is 3. The molecule has 0 fully saturated rings. The molecule has 0 rings (SSSR count). The predicted octanol–water partition coefficient (Wildman–Crippen LogP) is 2.45. The van der Waals surface area contributed by atoms with E-state index in [9.17, 15) is 44.1 Å². The van der Waals surface area contributed by atoms with E-state index in [1.54, 1.807) is 125 Å². The first kappa shape index (κ1) is 63.4. The van der Waals surface area contributed by atoms with E-state index in [1.165, 1.54) is 0 Å². The molecule has 0 aliphatic rings. The van der Waals surface area contributed by atoms with Gasteiger partial charge in [0.05, 0.1) is 74.2 Å². The average Bonchev–Trinajstić information content (AvgIpc) is 2.98. The number of carbonyl (C=O) groups excluding carboxylic acids is 6. The van der Waals surface area contributed by atoms with Crippen LogP contribution in [0.1, 0.15) is 144 Å². The molecule has 0 unspecified atom stereocenters. The van der Waals surface area contributed by atoms with Crippen LogP contribution in [0.25, 0.3) is 0 Å². The maximum absolute atomic E-state index is 12.1. The third-order valence-electron chi connectivity index (χ3n) is 5.46. The van der Waals surface area contributed by atoms with Gasteiger partial charge in [0.25, 0.3) is 0 Å². The van der Waals surface area contributed by atoms with Gasteiger partial charge in [0, 0.05) is 17.9 Å². The standard InChI is InChI=1S/3C13H24O6.CH3.Ti/c3*1-8(2)17-13(18-9(3)4,19-10(5)6)11(14)7-12(15)16;;/h3*8-10H,7H2,1-6H3,(H,15,16);1H3;/q;;;;+3/p-3. The van der Waals surface area contributed by atoms with Crippen molar-refractivity contribution in [3.63, 3.8) is 0 Å². The molecule has 59 heavy (non-hydrogen) atoms. The van der Waals surface area contributed by atoms with Crippen molar-refractivity contribution < 1.29 is 107 Å². The van der Waals surface area contributed by atoms with Gasteiger partial charge in [-0.2, -0.15) is 0 Å². The van der Waals surface area contributed by atoms with Crippen molar-refractivity contribution in [1.82, 2.24) is 0 Å². The van der Waals surface area contributed by atoms with Gasteiger partial charge in [0.1, 0.15) is 0 Å². The second kappa shape index (κ2) is 31.6. The van der Waals surface area contributed by atoms with Gasteiger partial charge in [-0.05, 0) is 125 Å². The molecular formula is C40H72O18Ti. The molecule has 0 aromatic heterocycles. The van der Waals surface area contributed by atoms with E-state index in [4.69, 9.17) is 42.6 Å². The molecule has 0 aliphatic heterocycles. The Bertz CT molecular complexity index is 1000. The van der Waals surface area contributed by atoms with Crippen molar-refractivity contribution in [3.05, 3.63) is 0 Å². The van der Waals surface area contributed by atoms with E-state index in [-0.39, 0.29) is 54.9 Å². The first-order valence-corrected chi connectivity index (χ1v) is 21.1. The fourth-order valence-corrected chi connectivity index (χ4v) is 4.35. The monoisotopic (exact) mass is 888 g/mol. The van der Waals surface area contributed by atoms with Crippen LogP contribution < -0.4 is 15.3 Å². The first-order valence-electron chi connectivity index (χ1n) is 19.6. The zero-order chi connectivity index (χ0) is 47.6. The van der Waals surface area contributed by atoms with Crippen LogP contribution in [0.2, 0.25) is 5.23 Å². The summed E-state index contributed by atoms with van der Waals surface area (Å²) in [5.41, 5.74) is 0. The molecule has 19 heteroatoms. The number of ketones is 3. The SMILES string of the molecule is CC(C)OC(OC(C)C)(OC(C)C)C(=O)CC(=O)[O-].CC(C)OC(OC(C)C)(OC(C)C)C(=O)CC(=O)[O-].CC(C)OC(OC(C)C)(OC(C)C)C(=O)CC(=O)[O-].[CH3][Ti+3]. The minimum absolute atomic E-state index is 0.372. The van der Waals surface area contributed by atoms with Crippen LogP contribution in [0, 0.1) is 0 Å². The van der Waals surface area contributed by atoms with Gasteiger partial charge in [-0.15, -0.1) is 0 Å². The Hall–Kier alpha value is -2.23. The molecule has 0 radical (unpaired) electrons. The number of hydrogen-bond acceptors (Lipinski definition) is 18. The van der Waals surface area contributed by atoms with Gasteiger partial charge in [-0.3, -0.25) is 14.4 Å². The molecule has 0 saturated carbocycles. The summed E-state index contributed by atoms with van der Waals surface area (Å²) < 4.78 is 48.9. The Labute approximate surface area is 363 Å². The van der Waals surface area contributed by atoms with Gasteiger partial charge in [0.15, 0.2) is 0 Å². The number of rotatable bonds is 27. The molecule has 344 valence electrons. The summed E-state index contributed by atoms with van der Waals surface area (Å²) in [6.45, 7) is 30.7. The van der Waals surface area contributed by atoms with Gasteiger partial charge < -0.3 is 72.3 Å². The molecular weight excluding hydrogens is 816 g/mol. The summed E-state index contributed by atoms with van der Waals surface area (Å²) in [6, 6.07) is 0. The van der Waals surface area contributed by atoms with Crippen LogP contribution in [-0.2, 0) is 91.8 Å². The summed E-state index contributed by atoms with van der Waals surface area (Å²) >= 11 is 2.00. The Balaban J connectivity index is -0.000000376. The molecule has 0 aromatic carbocycles. The molecule has 0 atom stereocenters. The zero-order valence-corrected chi connectivity index (χ0v) is 40.2. The van der Waals surface area contributed by atoms with E-state index in [2.05, 4.69) is 0 Å². The zero-order valence-electron chi connectivity index (χ0n) is 38.7. The number of carbonyl (C=O) groups is 6. The summed E-state index contributed by atoms with van der Waals surface area (Å²) in [6.07, 6.45) is -5.83. The molecule has 18 nitrogen and oxygen atoms in total. The molecule has 0 spiro atoms. The number of ether oxygens (including phenoxy) is 9. The van der Waals surface area contributed by atoms with E-state index in [0.29, 0.717) is 0 Å². The molecule has 0 saturated heterocycles. The fourth-order valence-electron chi connectivity index (χ4n) is 4.35. The fraction of sp³-hybridized carbons (Fsp3) is 0.850. The number of carboxylic acids is 3. The molecule has 0 aromatic rings. The molecule has 0 bridgehead atoms. The molecule has 0 heterocycles. The summed E-state index contributed by atoms with van der Waals surface area (Å²) in [5, 5.41) is 33.8. The van der Waals surface area contributed by atoms with Gasteiger partial charge in [0.2, 0.25) is 17.3 Å². The van der Waals surface area contributed by atoms with E-state index < -0.39 is 72.4 Å². The average molecular weight is 889 g/mol. The van der Waals surface area contributed by atoms with Crippen molar-refractivity contribution in [2.24, 2.45) is 0 Å². The van der Waals surface area contributed by atoms with Gasteiger partial charge in [-0.25, -0.2) is 0 Å². The Morgan fingerprint density at radius 2 is 0.424 bits per heavy atom. The Morgan fingerprint density at radius 1 is 0.322 bits per heavy atom. The van der Waals surface area contributed by atoms with Crippen molar-refractivity contribution in [2.45, 2.75) is 222 Å². The number of hydrogen-bond donors (Lipinski definition) is 0. The van der Waals surface area contributed by atoms with Crippen molar-refractivity contribution in [1.29, 1.82) is 0 Å². The predicted molar refractivity (Wildman–Crippen MR) is 204 cm³/mol. The van der Waals surface area contributed by atoms with Crippen LogP contribution in [-0.4, -0.2) is 108 Å². The summed E-state index contributed by atoms with van der Waals surface area (Å²) in [7, 11) is 0. The first-order chi connectivity index (χ1) is 26.8. The van der Waals surface area contributed by atoms with Gasteiger partial charge >= 0.3 is 43.6 Å². The van der Waals surface area contributed by atoms with E-state index in [1.807, 2.05) is 25.7 Å².